The van der Waals surface area contributed by atoms with Crippen molar-refractivity contribution < 1.29 is 4.74 Å². The van der Waals surface area contributed by atoms with Gasteiger partial charge >= 0.3 is 0 Å². The second-order valence-electron chi connectivity index (χ2n) is 5.36. The molecule has 0 fully saturated rings. The van der Waals surface area contributed by atoms with Crippen LogP contribution in [-0.2, 0) is 26.1 Å². The zero-order valence-corrected chi connectivity index (χ0v) is 12.6. The molecule has 0 bridgehead atoms. The van der Waals surface area contributed by atoms with Crippen LogP contribution in [0, 0.1) is 6.92 Å². The van der Waals surface area contributed by atoms with E-state index in [2.05, 4.69) is 25.1 Å². The van der Waals surface area contributed by atoms with Crippen LogP contribution in [0.4, 0.5) is 0 Å². The van der Waals surface area contributed by atoms with Gasteiger partial charge in [-0.25, -0.2) is 0 Å². The van der Waals surface area contributed by atoms with Crippen molar-refractivity contribution in [2.45, 2.75) is 45.9 Å². The number of rotatable bonds is 5. The first-order chi connectivity index (χ1) is 10.3. The number of pyridine rings is 1. The SMILES string of the molecule is CNCc1nc(C)ccc1OCc1nnc2n1CCCC2. The second kappa shape index (κ2) is 6.22. The monoisotopic (exact) mass is 287 g/mol. The van der Waals surface area contributed by atoms with Crippen molar-refractivity contribution in [3.63, 3.8) is 0 Å². The first-order valence-corrected chi connectivity index (χ1v) is 7.43. The van der Waals surface area contributed by atoms with Crippen LogP contribution in [-0.4, -0.2) is 26.8 Å². The Balaban J connectivity index is 1.74. The Morgan fingerprint density at radius 2 is 2.19 bits per heavy atom. The molecular formula is C15H21N5O. The number of nitrogens with zero attached hydrogens (tertiary/aromatic N) is 4. The van der Waals surface area contributed by atoms with E-state index in [4.69, 9.17) is 4.74 Å². The van der Waals surface area contributed by atoms with Gasteiger partial charge in [-0.3, -0.25) is 4.98 Å². The minimum absolute atomic E-state index is 0.439. The fourth-order valence-corrected chi connectivity index (χ4v) is 2.64. The molecule has 6 heteroatoms. The van der Waals surface area contributed by atoms with E-state index in [1.54, 1.807) is 0 Å². The molecule has 0 aliphatic carbocycles. The largest absolute Gasteiger partial charge is 0.484 e. The fraction of sp³-hybridized carbons (Fsp3) is 0.533. The predicted molar refractivity (Wildman–Crippen MR) is 79.0 cm³/mol. The summed E-state index contributed by atoms with van der Waals surface area (Å²) in [6.07, 6.45) is 3.41. The number of fused-ring (bicyclic) bond motifs is 1. The van der Waals surface area contributed by atoms with E-state index >= 15 is 0 Å². The molecule has 0 amide bonds. The number of aromatic nitrogens is 4. The van der Waals surface area contributed by atoms with E-state index in [9.17, 15) is 0 Å². The Morgan fingerprint density at radius 3 is 3.05 bits per heavy atom. The van der Waals surface area contributed by atoms with E-state index in [1.165, 1.54) is 12.8 Å². The summed E-state index contributed by atoms with van der Waals surface area (Å²) in [6.45, 7) is 4.11. The van der Waals surface area contributed by atoms with Crippen LogP contribution in [0.1, 0.15) is 35.9 Å². The Labute approximate surface area is 124 Å². The number of ether oxygens (including phenoxy) is 1. The molecular weight excluding hydrogens is 266 g/mol. The highest BCUT2D eigenvalue weighted by molar-refractivity contribution is 5.29. The van der Waals surface area contributed by atoms with Gasteiger partial charge in [0.15, 0.2) is 5.82 Å². The third kappa shape index (κ3) is 3.05. The molecule has 0 saturated carbocycles. The van der Waals surface area contributed by atoms with Crippen LogP contribution in [0.2, 0.25) is 0 Å². The summed E-state index contributed by atoms with van der Waals surface area (Å²) in [4.78, 5) is 4.52. The van der Waals surface area contributed by atoms with Crippen LogP contribution in [0.15, 0.2) is 12.1 Å². The molecule has 3 rings (SSSR count). The van der Waals surface area contributed by atoms with E-state index in [0.29, 0.717) is 13.2 Å². The normalized spacial score (nSPS) is 14.0. The minimum Gasteiger partial charge on any atom is -0.484 e. The summed E-state index contributed by atoms with van der Waals surface area (Å²) >= 11 is 0. The van der Waals surface area contributed by atoms with Gasteiger partial charge in [0.1, 0.15) is 18.2 Å². The molecule has 0 spiro atoms. The summed E-state index contributed by atoms with van der Waals surface area (Å²) < 4.78 is 8.11. The smallest absolute Gasteiger partial charge is 0.171 e. The Bertz CT molecular complexity index is 623. The third-order valence-electron chi connectivity index (χ3n) is 3.71. The number of aryl methyl sites for hydroxylation is 2. The summed E-state index contributed by atoms with van der Waals surface area (Å²) in [6, 6.07) is 3.94. The summed E-state index contributed by atoms with van der Waals surface area (Å²) in [5.41, 5.74) is 1.92. The number of hydrogen-bond acceptors (Lipinski definition) is 5. The van der Waals surface area contributed by atoms with Gasteiger partial charge in [0, 0.05) is 25.2 Å². The highest BCUT2D eigenvalue weighted by Gasteiger charge is 2.16. The van der Waals surface area contributed by atoms with Crippen molar-refractivity contribution in [3.05, 3.63) is 35.2 Å². The zero-order chi connectivity index (χ0) is 14.7. The van der Waals surface area contributed by atoms with Crippen molar-refractivity contribution in [3.8, 4) is 5.75 Å². The van der Waals surface area contributed by atoms with E-state index in [-0.39, 0.29) is 0 Å². The average molecular weight is 287 g/mol. The topological polar surface area (TPSA) is 64.9 Å². The quantitative estimate of drug-likeness (QED) is 0.905. The Hall–Kier alpha value is -1.95. The highest BCUT2D eigenvalue weighted by Crippen LogP contribution is 2.20. The van der Waals surface area contributed by atoms with E-state index in [0.717, 1.165) is 41.8 Å². The molecule has 6 nitrogen and oxygen atoms in total. The Morgan fingerprint density at radius 1 is 1.29 bits per heavy atom. The maximum Gasteiger partial charge on any atom is 0.171 e. The van der Waals surface area contributed by atoms with Crippen molar-refractivity contribution in [1.29, 1.82) is 0 Å². The van der Waals surface area contributed by atoms with Gasteiger partial charge in [-0.15, -0.1) is 10.2 Å². The number of hydrogen-bond donors (Lipinski definition) is 1. The predicted octanol–water partition coefficient (Wildman–Crippen LogP) is 1.62. The van der Waals surface area contributed by atoms with Crippen molar-refractivity contribution in [2.24, 2.45) is 0 Å². The molecule has 2 aromatic rings. The summed E-state index contributed by atoms with van der Waals surface area (Å²) in [7, 11) is 1.91. The lowest BCUT2D eigenvalue weighted by Crippen LogP contribution is -2.15. The molecule has 3 heterocycles. The Kier molecular flexibility index (Phi) is 4.15. The molecule has 0 radical (unpaired) electrons. The molecule has 1 aliphatic heterocycles. The molecule has 21 heavy (non-hydrogen) atoms. The second-order valence-corrected chi connectivity index (χ2v) is 5.36. The van der Waals surface area contributed by atoms with E-state index < -0.39 is 0 Å². The zero-order valence-electron chi connectivity index (χ0n) is 12.6. The molecule has 0 aromatic carbocycles. The minimum atomic E-state index is 0.439. The van der Waals surface area contributed by atoms with Gasteiger partial charge in [0.2, 0.25) is 0 Å². The molecule has 0 atom stereocenters. The first kappa shape index (κ1) is 14.0. The lowest BCUT2D eigenvalue weighted by Gasteiger charge is -2.15. The van der Waals surface area contributed by atoms with Crippen LogP contribution < -0.4 is 10.1 Å². The van der Waals surface area contributed by atoms with Crippen LogP contribution >= 0.6 is 0 Å². The van der Waals surface area contributed by atoms with Gasteiger partial charge in [0.05, 0.1) is 5.69 Å². The maximum absolute atomic E-state index is 5.93. The van der Waals surface area contributed by atoms with Gasteiger partial charge in [-0.1, -0.05) is 0 Å². The summed E-state index contributed by atoms with van der Waals surface area (Å²) in [5, 5.41) is 11.6. The van der Waals surface area contributed by atoms with Gasteiger partial charge in [0.25, 0.3) is 0 Å². The summed E-state index contributed by atoms with van der Waals surface area (Å²) in [5.74, 6) is 2.79. The third-order valence-corrected chi connectivity index (χ3v) is 3.71. The van der Waals surface area contributed by atoms with Gasteiger partial charge < -0.3 is 14.6 Å². The molecule has 0 saturated heterocycles. The van der Waals surface area contributed by atoms with Crippen LogP contribution in [0.25, 0.3) is 0 Å². The maximum atomic E-state index is 5.93. The number of nitrogens with one attached hydrogen (secondary N) is 1. The highest BCUT2D eigenvalue weighted by atomic mass is 16.5. The lowest BCUT2D eigenvalue weighted by atomic mass is 10.2. The van der Waals surface area contributed by atoms with Crippen LogP contribution in [0.5, 0.6) is 5.75 Å². The molecule has 1 N–H and O–H groups in total. The fourth-order valence-electron chi connectivity index (χ4n) is 2.64. The lowest BCUT2D eigenvalue weighted by molar-refractivity contribution is 0.281. The van der Waals surface area contributed by atoms with E-state index in [1.807, 2.05) is 26.1 Å². The molecule has 2 aromatic heterocycles. The van der Waals surface area contributed by atoms with Gasteiger partial charge in [-0.05, 0) is 38.9 Å². The molecule has 112 valence electrons. The average Bonchev–Trinajstić information content (AvgIpc) is 2.90. The standard InChI is InChI=1S/C15H21N5O/c1-11-6-7-13(12(17-11)9-16-2)21-10-15-19-18-14-5-3-4-8-20(14)15/h6-7,16H,3-5,8-10H2,1-2H3. The van der Waals surface area contributed by atoms with Gasteiger partial charge in [-0.2, -0.15) is 0 Å². The van der Waals surface area contributed by atoms with Crippen molar-refractivity contribution >= 4 is 0 Å². The first-order valence-electron chi connectivity index (χ1n) is 7.43. The van der Waals surface area contributed by atoms with Crippen molar-refractivity contribution in [2.75, 3.05) is 7.05 Å². The van der Waals surface area contributed by atoms with Crippen LogP contribution in [0.3, 0.4) is 0 Å². The molecule has 0 unspecified atom stereocenters. The van der Waals surface area contributed by atoms with Crippen molar-refractivity contribution in [1.82, 2.24) is 25.1 Å². The molecule has 1 aliphatic rings.